The number of hydrogen-bond donors (Lipinski definition) is 1. The zero-order valence-corrected chi connectivity index (χ0v) is 21.1. The summed E-state index contributed by atoms with van der Waals surface area (Å²) in [7, 11) is 0. The van der Waals surface area contributed by atoms with Crippen LogP contribution in [0.1, 0.15) is 29.7 Å². The quantitative estimate of drug-likeness (QED) is 0.476. The second-order valence-corrected chi connectivity index (χ2v) is 10.2. The molecule has 0 spiro atoms. The molecular weight excluding hydrogens is 534 g/mol. The second-order valence-electron chi connectivity index (χ2n) is 8.78. The van der Waals surface area contributed by atoms with Gasteiger partial charge in [-0.25, -0.2) is 4.39 Å². The minimum atomic E-state index is -4.73. The van der Waals surface area contributed by atoms with Gasteiger partial charge in [0.15, 0.2) is 5.70 Å². The van der Waals surface area contributed by atoms with Crippen LogP contribution in [0.3, 0.4) is 0 Å². The maximum absolute atomic E-state index is 15.1. The van der Waals surface area contributed by atoms with E-state index in [2.05, 4.69) is 0 Å². The van der Waals surface area contributed by atoms with Gasteiger partial charge in [0, 0.05) is 21.9 Å². The Labute approximate surface area is 219 Å². The van der Waals surface area contributed by atoms with E-state index in [1.165, 1.54) is 40.1 Å². The molecule has 2 atom stereocenters. The molecular formula is C25H22ClF4N3O3S. The number of halogens is 5. The summed E-state index contributed by atoms with van der Waals surface area (Å²) in [6.45, 7) is 0.113. The lowest BCUT2D eigenvalue weighted by Crippen LogP contribution is -2.62. The van der Waals surface area contributed by atoms with E-state index in [0.717, 1.165) is 12.5 Å². The molecule has 3 heterocycles. The fourth-order valence-corrected chi connectivity index (χ4v) is 6.11. The SMILES string of the molecule is C[C@@H](N1CN([C@H]2c3cccc(F)c3SCc3cccc(Cl)c32)N2/C=C\COC/C(O)=C\2C1=O)C(F)(F)F. The lowest BCUT2D eigenvalue weighted by molar-refractivity contribution is -0.204. The molecule has 1 fully saturated rings. The Morgan fingerprint density at radius 3 is 2.73 bits per heavy atom. The normalized spacial score (nSPS) is 24.4. The molecule has 37 heavy (non-hydrogen) atoms. The molecule has 6 nitrogen and oxygen atoms in total. The van der Waals surface area contributed by atoms with Crippen molar-refractivity contribution in [1.82, 2.24) is 14.9 Å². The third-order valence-electron chi connectivity index (χ3n) is 6.56. The lowest BCUT2D eigenvalue weighted by atomic mass is 9.94. The molecule has 3 aliphatic heterocycles. The molecule has 0 aliphatic carbocycles. The molecule has 0 bridgehead atoms. The molecule has 0 saturated carbocycles. The van der Waals surface area contributed by atoms with Crippen LogP contribution in [0.2, 0.25) is 5.02 Å². The van der Waals surface area contributed by atoms with Crippen LogP contribution >= 0.6 is 23.4 Å². The number of fused-ring (bicyclic) bond motifs is 3. The van der Waals surface area contributed by atoms with Crippen LogP contribution in [0.4, 0.5) is 17.6 Å². The van der Waals surface area contributed by atoms with Crippen molar-refractivity contribution in [3.05, 3.63) is 87.7 Å². The Bertz CT molecular complexity index is 1300. The third-order valence-corrected chi connectivity index (χ3v) is 8.06. The first-order valence-corrected chi connectivity index (χ1v) is 12.7. The first-order valence-electron chi connectivity index (χ1n) is 11.4. The summed E-state index contributed by atoms with van der Waals surface area (Å²) in [4.78, 5) is 14.4. The van der Waals surface area contributed by atoms with Crippen LogP contribution in [0.5, 0.6) is 0 Å². The summed E-state index contributed by atoms with van der Waals surface area (Å²) in [6, 6.07) is 6.76. The van der Waals surface area contributed by atoms with Crippen LogP contribution in [-0.2, 0) is 15.3 Å². The van der Waals surface area contributed by atoms with Crippen molar-refractivity contribution in [1.29, 1.82) is 0 Å². The number of thioether (sulfide) groups is 1. The number of rotatable bonds is 2. The third kappa shape index (κ3) is 4.58. The van der Waals surface area contributed by atoms with Gasteiger partial charge in [-0.1, -0.05) is 35.9 Å². The van der Waals surface area contributed by atoms with Crippen LogP contribution in [0.15, 0.2) is 65.0 Å². The van der Waals surface area contributed by atoms with E-state index in [-0.39, 0.29) is 18.9 Å². The number of hydrazine groups is 1. The second kappa shape index (κ2) is 9.86. The highest BCUT2D eigenvalue weighted by Crippen LogP contribution is 2.48. The summed E-state index contributed by atoms with van der Waals surface area (Å²) < 4.78 is 62.0. The molecule has 2 aromatic rings. The number of hydrogen-bond acceptors (Lipinski definition) is 6. The van der Waals surface area contributed by atoms with Gasteiger partial charge in [0.1, 0.15) is 24.2 Å². The molecule has 2 aromatic carbocycles. The zero-order chi connectivity index (χ0) is 26.5. The van der Waals surface area contributed by atoms with Crippen molar-refractivity contribution in [3.63, 3.8) is 0 Å². The first kappa shape index (κ1) is 25.9. The Balaban J connectivity index is 1.77. The van der Waals surface area contributed by atoms with Crippen LogP contribution < -0.4 is 0 Å². The van der Waals surface area contributed by atoms with E-state index in [4.69, 9.17) is 16.3 Å². The number of benzene rings is 2. The minimum Gasteiger partial charge on any atom is -0.507 e. The number of aliphatic hydroxyl groups excluding tert-OH is 1. The summed E-state index contributed by atoms with van der Waals surface area (Å²) in [6.07, 6.45) is -1.68. The number of aliphatic hydroxyl groups is 1. The molecule has 5 rings (SSSR count). The summed E-state index contributed by atoms with van der Waals surface area (Å²) in [5, 5.41) is 14.0. The molecule has 1 saturated heterocycles. The summed E-state index contributed by atoms with van der Waals surface area (Å²) >= 11 is 7.95. The number of ether oxygens (including phenoxy) is 1. The number of carbonyl (C=O) groups is 1. The van der Waals surface area contributed by atoms with Crippen LogP contribution in [0.25, 0.3) is 0 Å². The summed E-state index contributed by atoms with van der Waals surface area (Å²) in [5.41, 5.74) is 1.47. The van der Waals surface area contributed by atoms with Crippen molar-refractivity contribution in [2.24, 2.45) is 0 Å². The van der Waals surface area contributed by atoms with Gasteiger partial charge in [0.25, 0.3) is 5.91 Å². The smallest absolute Gasteiger partial charge is 0.408 e. The Kier molecular flexibility index (Phi) is 6.90. The van der Waals surface area contributed by atoms with E-state index >= 15 is 4.39 Å². The molecule has 0 radical (unpaired) electrons. The maximum atomic E-state index is 15.1. The van der Waals surface area contributed by atoms with Crippen LogP contribution in [-0.4, -0.2) is 58.0 Å². The van der Waals surface area contributed by atoms with Crippen molar-refractivity contribution < 1.29 is 32.2 Å². The molecule has 1 amide bonds. The fourth-order valence-electron chi connectivity index (χ4n) is 4.70. The molecule has 0 aromatic heterocycles. The van der Waals surface area contributed by atoms with Gasteiger partial charge in [0.2, 0.25) is 0 Å². The highest BCUT2D eigenvalue weighted by molar-refractivity contribution is 7.98. The number of amides is 1. The van der Waals surface area contributed by atoms with Crippen LogP contribution in [0, 0.1) is 5.82 Å². The van der Waals surface area contributed by atoms with Crippen molar-refractivity contribution >= 4 is 29.3 Å². The topological polar surface area (TPSA) is 56.3 Å². The van der Waals surface area contributed by atoms with Crippen molar-refractivity contribution in [3.8, 4) is 0 Å². The van der Waals surface area contributed by atoms with Gasteiger partial charge in [-0.3, -0.25) is 9.80 Å². The van der Waals surface area contributed by atoms with Gasteiger partial charge in [-0.2, -0.15) is 18.2 Å². The average molecular weight is 556 g/mol. The molecule has 3 aliphatic rings. The van der Waals surface area contributed by atoms with E-state index < -0.39 is 42.4 Å². The molecule has 0 unspecified atom stereocenters. The monoisotopic (exact) mass is 555 g/mol. The highest BCUT2D eigenvalue weighted by Gasteiger charge is 2.50. The number of carbonyl (C=O) groups excluding carboxylic acids is 1. The average Bonchev–Trinajstić information content (AvgIpc) is 3.00. The van der Waals surface area contributed by atoms with Gasteiger partial charge in [0.05, 0.1) is 19.3 Å². The number of nitrogens with zero attached hydrogens (tertiary/aromatic N) is 3. The van der Waals surface area contributed by atoms with E-state index in [9.17, 15) is 23.1 Å². The zero-order valence-electron chi connectivity index (χ0n) is 19.5. The van der Waals surface area contributed by atoms with Gasteiger partial charge in [-0.05, 0) is 41.8 Å². The van der Waals surface area contributed by atoms with E-state index in [1.807, 2.05) is 6.07 Å². The minimum absolute atomic E-state index is 0.0988. The van der Waals surface area contributed by atoms with Crippen molar-refractivity contribution in [2.75, 3.05) is 19.9 Å². The van der Waals surface area contributed by atoms with Gasteiger partial charge in [-0.15, -0.1) is 11.8 Å². The Morgan fingerprint density at radius 2 is 1.97 bits per heavy atom. The predicted octanol–water partition coefficient (Wildman–Crippen LogP) is 5.76. The van der Waals surface area contributed by atoms with E-state index in [0.29, 0.717) is 31.7 Å². The highest BCUT2D eigenvalue weighted by atomic mass is 35.5. The standard InChI is InChI=1S/C25H22ClF4N3O3S/c1-14(25(28,29)30)31-13-33(32-9-4-10-36-11-19(34)22(32)24(31)35)21-16-6-3-8-18(27)23(16)37-12-15-5-2-7-17(26)20(15)21/h2-9,14,21,34H,10-13H2,1H3/b9-4-,22-19+/t14-,21+/m1/s1. The lowest BCUT2D eigenvalue weighted by Gasteiger charge is -2.49. The first-order chi connectivity index (χ1) is 17.6. The fraction of sp³-hybridized carbons (Fsp3) is 0.320. The van der Waals surface area contributed by atoms with Gasteiger partial charge < -0.3 is 14.7 Å². The number of alkyl halides is 3. The predicted molar refractivity (Wildman–Crippen MR) is 130 cm³/mol. The molecule has 12 heteroatoms. The maximum Gasteiger partial charge on any atom is 0.408 e. The Morgan fingerprint density at radius 1 is 1.22 bits per heavy atom. The van der Waals surface area contributed by atoms with Crippen molar-refractivity contribution in [2.45, 2.75) is 35.8 Å². The van der Waals surface area contributed by atoms with Gasteiger partial charge >= 0.3 is 6.18 Å². The largest absolute Gasteiger partial charge is 0.507 e. The Hall–Kier alpha value is -2.73. The molecule has 1 N–H and O–H groups in total. The molecule has 196 valence electrons. The van der Waals surface area contributed by atoms with E-state index in [1.54, 1.807) is 24.3 Å². The summed E-state index contributed by atoms with van der Waals surface area (Å²) in [5.74, 6) is -1.61.